The van der Waals surface area contributed by atoms with Crippen molar-refractivity contribution in [3.05, 3.63) is 34.9 Å². The van der Waals surface area contributed by atoms with Crippen LogP contribution < -0.4 is 4.74 Å². The van der Waals surface area contributed by atoms with Crippen LogP contribution in [0.5, 0.6) is 5.75 Å². The Morgan fingerprint density at radius 2 is 2.00 bits per heavy atom. The quantitative estimate of drug-likeness (QED) is 0.738. The average molecular weight is 228 g/mol. The summed E-state index contributed by atoms with van der Waals surface area (Å²) in [7, 11) is 1.67. The van der Waals surface area contributed by atoms with Gasteiger partial charge in [0.1, 0.15) is 5.75 Å². The number of carbonyl (C=O) groups is 1. The SMILES string of the molecule is COc1ccc2c(c1)C1=C(CCCC1=O)CC2. The van der Waals surface area contributed by atoms with E-state index >= 15 is 0 Å². The number of hydrogen-bond acceptors (Lipinski definition) is 2. The molecule has 0 saturated heterocycles. The lowest BCUT2D eigenvalue weighted by Crippen LogP contribution is -2.16. The van der Waals surface area contributed by atoms with E-state index in [0.29, 0.717) is 12.2 Å². The molecule has 0 bridgehead atoms. The van der Waals surface area contributed by atoms with Crippen LogP contribution in [0.1, 0.15) is 36.8 Å². The second-order valence-electron chi connectivity index (χ2n) is 4.78. The lowest BCUT2D eigenvalue weighted by molar-refractivity contribution is -0.114. The molecule has 2 heteroatoms. The van der Waals surface area contributed by atoms with Crippen LogP contribution in [-0.2, 0) is 11.2 Å². The number of hydrogen-bond donors (Lipinski definition) is 0. The van der Waals surface area contributed by atoms with Crippen LogP contribution in [0.4, 0.5) is 0 Å². The number of rotatable bonds is 1. The van der Waals surface area contributed by atoms with E-state index in [1.54, 1.807) is 7.11 Å². The van der Waals surface area contributed by atoms with Crippen molar-refractivity contribution >= 4 is 11.4 Å². The number of allylic oxidation sites excluding steroid dienone is 2. The third kappa shape index (κ3) is 1.68. The van der Waals surface area contributed by atoms with Crippen molar-refractivity contribution in [3.63, 3.8) is 0 Å². The summed E-state index contributed by atoms with van der Waals surface area (Å²) in [6.45, 7) is 0. The minimum atomic E-state index is 0.320. The first-order chi connectivity index (χ1) is 8.29. The van der Waals surface area contributed by atoms with Gasteiger partial charge in [-0.05, 0) is 48.9 Å². The third-order valence-corrected chi connectivity index (χ3v) is 3.80. The zero-order valence-corrected chi connectivity index (χ0v) is 10.1. The topological polar surface area (TPSA) is 26.3 Å². The number of aryl methyl sites for hydroxylation is 1. The molecular weight excluding hydrogens is 212 g/mol. The molecular formula is C15H16O2. The van der Waals surface area contributed by atoms with Gasteiger partial charge in [-0.15, -0.1) is 0 Å². The van der Waals surface area contributed by atoms with E-state index in [4.69, 9.17) is 4.74 Å². The molecule has 0 saturated carbocycles. The molecule has 0 heterocycles. The maximum Gasteiger partial charge on any atom is 0.163 e. The number of benzene rings is 1. The summed E-state index contributed by atoms with van der Waals surface area (Å²) in [5.74, 6) is 1.16. The fourth-order valence-corrected chi connectivity index (χ4v) is 2.92. The van der Waals surface area contributed by atoms with Gasteiger partial charge in [-0.25, -0.2) is 0 Å². The van der Waals surface area contributed by atoms with Gasteiger partial charge in [-0.1, -0.05) is 11.6 Å². The Morgan fingerprint density at radius 3 is 2.82 bits per heavy atom. The van der Waals surface area contributed by atoms with Crippen LogP contribution in [-0.4, -0.2) is 12.9 Å². The van der Waals surface area contributed by atoms with Gasteiger partial charge in [0.2, 0.25) is 0 Å². The first kappa shape index (κ1) is 10.6. The van der Waals surface area contributed by atoms with E-state index < -0.39 is 0 Å². The van der Waals surface area contributed by atoms with E-state index in [0.717, 1.165) is 42.6 Å². The van der Waals surface area contributed by atoms with Crippen LogP contribution in [0, 0.1) is 0 Å². The van der Waals surface area contributed by atoms with Crippen molar-refractivity contribution in [3.8, 4) is 5.75 Å². The van der Waals surface area contributed by atoms with E-state index in [1.165, 1.54) is 11.1 Å². The van der Waals surface area contributed by atoms with Crippen LogP contribution in [0.15, 0.2) is 23.8 Å². The molecule has 0 amide bonds. The first-order valence-electron chi connectivity index (χ1n) is 6.22. The van der Waals surface area contributed by atoms with Crippen molar-refractivity contribution in [2.45, 2.75) is 32.1 Å². The molecule has 0 aromatic heterocycles. The van der Waals surface area contributed by atoms with Crippen molar-refractivity contribution in [1.82, 2.24) is 0 Å². The molecule has 3 rings (SSSR count). The van der Waals surface area contributed by atoms with Crippen LogP contribution in [0.25, 0.3) is 5.57 Å². The molecule has 2 aliphatic carbocycles. The van der Waals surface area contributed by atoms with E-state index in [2.05, 4.69) is 6.07 Å². The molecule has 1 aromatic rings. The minimum absolute atomic E-state index is 0.320. The van der Waals surface area contributed by atoms with Gasteiger partial charge in [0.05, 0.1) is 7.11 Å². The Bertz CT molecular complexity index is 512. The van der Waals surface area contributed by atoms with Crippen molar-refractivity contribution in [1.29, 1.82) is 0 Å². The van der Waals surface area contributed by atoms with Crippen molar-refractivity contribution in [2.24, 2.45) is 0 Å². The van der Waals surface area contributed by atoms with Gasteiger partial charge in [0, 0.05) is 12.0 Å². The molecule has 17 heavy (non-hydrogen) atoms. The predicted molar refractivity (Wildman–Crippen MR) is 67.1 cm³/mol. The maximum absolute atomic E-state index is 12.1. The Balaban J connectivity index is 2.16. The largest absolute Gasteiger partial charge is 0.497 e. The number of methoxy groups -OCH3 is 1. The summed E-state index contributed by atoms with van der Waals surface area (Å²) >= 11 is 0. The number of Topliss-reactive ketones (excluding diaryl/α,β-unsaturated/α-hetero) is 1. The highest BCUT2D eigenvalue weighted by Gasteiger charge is 2.27. The van der Waals surface area contributed by atoms with Crippen LogP contribution >= 0.6 is 0 Å². The normalized spacial score (nSPS) is 18.8. The van der Waals surface area contributed by atoms with Gasteiger partial charge in [-0.2, -0.15) is 0 Å². The zero-order chi connectivity index (χ0) is 11.8. The highest BCUT2D eigenvalue weighted by atomic mass is 16.5. The van der Waals surface area contributed by atoms with Gasteiger partial charge in [-0.3, -0.25) is 4.79 Å². The Morgan fingerprint density at radius 1 is 1.12 bits per heavy atom. The van der Waals surface area contributed by atoms with E-state index in [-0.39, 0.29) is 0 Å². The molecule has 0 fully saturated rings. The molecule has 0 unspecified atom stereocenters. The number of ketones is 1. The lowest BCUT2D eigenvalue weighted by Gasteiger charge is -2.26. The van der Waals surface area contributed by atoms with Gasteiger partial charge < -0.3 is 4.74 Å². The predicted octanol–water partition coefficient (Wildman–Crippen LogP) is 3.15. The summed E-state index contributed by atoms with van der Waals surface area (Å²) in [5, 5.41) is 0. The Labute approximate surface area is 101 Å². The van der Waals surface area contributed by atoms with Crippen LogP contribution in [0.3, 0.4) is 0 Å². The smallest absolute Gasteiger partial charge is 0.163 e. The van der Waals surface area contributed by atoms with E-state index in [1.807, 2.05) is 12.1 Å². The molecule has 1 aromatic carbocycles. The summed E-state index contributed by atoms with van der Waals surface area (Å²) in [5.41, 5.74) is 4.77. The first-order valence-corrected chi connectivity index (χ1v) is 6.22. The summed E-state index contributed by atoms with van der Waals surface area (Å²) < 4.78 is 5.26. The Kier molecular flexibility index (Phi) is 2.50. The van der Waals surface area contributed by atoms with Crippen molar-refractivity contribution < 1.29 is 9.53 Å². The highest BCUT2D eigenvalue weighted by molar-refractivity contribution is 6.23. The molecule has 0 radical (unpaired) electrons. The molecule has 2 aliphatic rings. The summed E-state index contributed by atoms with van der Waals surface area (Å²) in [4.78, 5) is 12.1. The molecule has 88 valence electrons. The number of fused-ring (bicyclic) bond motifs is 2. The van der Waals surface area contributed by atoms with Crippen LogP contribution in [0.2, 0.25) is 0 Å². The third-order valence-electron chi connectivity index (χ3n) is 3.80. The molecule has 0 spiro atoms. The standard InChI is InChI=1S/C15H16O2/c1-17-12-8-7-10-5-6-11-3-2-4-14(16)15(11)13(10)9-12/h7-9H,2-6H2,1H3. The lowest BCUT2D eigenvalue weighted by atomic mass is 9.78. The maximum atomic E-state index is 12.1. The zero-order valence-electron chi connectivity index (χ0n) is 10.1. The minimum Gasteiger partial charge on any atom is -0.497 e. The summed E-state index contributed by atoms with van der Waals surface area (Å²) in [6, 6.07) is 6.10. The molecule has 2 nitrogen and oxygen atoms in total. The average Bonchev–Trinajstić information content (AvgIpc) is 2.38. The summed E-state index contributed by atoms with van der Waals surface area (Å²) in [6.07, 6.45) is 4.94. The van der Waals surface area contributed by atoms with Crippen molar-refractivity contribution in [2.75, 3.05) is 7.11 Å². The molecule has 0 atom stereocenters. The highest BCUT2D eigenvalue weighted by Crippen LogP contribution is 2.39. The second kappa shape index (κ2) is 4.02. The molecule has 0 aliphatic heterocycles. The fraction of sp³-hybridized carbons (Fsp3) is 0.400. The van der Waals surface area contributed by atoms with Gasteiger partial charge >= 0.3 is 0 Å². The number of ether oxygens (including phenoxy) is 1. The van der Waals surface area contributed by atoms with Gasteiger partial charge in [0.25, 0.3) is 0 Å². The Hall–Kier alpha value is -1.57. The fourth-order valence-electron chi connectivity index (χ4n) is 2.92. The number of carbonyl (C=O) groups excluding carboxylic acids is 1. The monoisotopic (exact) mass is 228 g/mol. The van der Waals surface area contributed by atoms with Gasteiger partial charge in [0.15, 0.2) is 5.78 Å². The second-order valence-corrected chi connectivity index (χ2v) is 4.78. The molecule has 0 N–H and O–H groups in total. The van der Waals surface area contributed by atoms with E-state index in [9.17, 15) is 4.79 Å².